The van der Waals surface area contributed by atoms with E-state index in [0.29, 0.717) is 52.9 Å². The summed E-state index contributed by atoms with van der Waals surface area (Å²) in [6, 6.07) is 50.6. The van der Waals surface area contributed by atoms with Gasteiger partial charge in [-0.05, 0) is 148 Å². The molecule has 8 rings (SSSR count). The molecule has 7 aromatic carbocycles. The molecule has 772 valence electrons. The summed E-state index contributed by atoms with van der Waals surface area (Å²) in [5.41, 5.74) is 14.3. The monoisotopic (exact) mass is 1910 g/mol. The van der Waals surface area contributed by atoms with Gasteiger partial charge in [-0.2, -0.15) is 0 Å². The van der Waals surface area contributed by atoms with Crippen molar-refractivity contribution in [3.05, 3.63) is 212 Å². The molecule has 0 radical (unpaired) electrons. The van der Waals surface area contributed by atoms with Crippen LogP contribution in [0.2, 0.25) is 0 Å². The minimum atomic E-state index is -0.438. The third-order valence-electron chi connectivity index (χ3n) is 27.7. The Labute approximate surface area is 856 Å². The van der Waals surface area contributed by atoms with Gasteiger partial charge in [-0.3, -0.25) is 0 Å². The molecular formula is C132H196O8. The van der Waals surface area contributed by atoms with Gasteiger partial charge in [-0.1, -0.05) is 572 Å². The zero-order chi connectivity index (χ0) is 98.5. The lowest BCUT2D eigenvalue weighted by Crippen LogP contribution is -2.33. The van der Waals surface area contributed by atoms with Crippen molar-refractivity contribution in [1.29, 1.82) is 0 Å². The number of unbranched alkanes of at least 4 members (excludes halogenated alkanes) is 54. The minimum absolute atomic E-state index is 0.0430. The van der Waals surface area contributed by atoms with Gasteiger partial charge in [-0.25, -0.2) is 0 Å². The summed E-state index contributed by atoms with van der Waals surface area (Å²) in [6.45, 7) is 23.5. The Morgan fingerprint density at radius 2 is 0.343 bits per heavy atom. The fourth-order valence-electron chi connectivity index (χ4n) is 18.7. The maximum Gasteiger partial charge on any atom is 0.203 e. The first-order valence-electron chi connectivity index (χ1n) is 58.0. The molecule has 7 aromatic rings. The highest BCUT2D eigenvalue weighted by Gasteiger charge is 2.30. The molecule has 0 amide bonds. The van der Waals surface area contributed by atoms with E-state index in [2.05, 4.69) is 268 Å². The smallest absolute Gasteiger partial charge is 0.203 e. The Bertz CT molecular complexity index is 4050. The topological polar surface area (TPSA) is 73.8 Å². The first kappa shape index (κ1) is 117. The van der Waals surface area contributed by atoms with Gasteiger partial charge < -0.3 is 37.9 Å². The van der Waals surface area contributed by atoms with Crippen LogP contribution in [-0.2, 0) is 9.47 Å². The van der Waals surface area contributed by atoms with Crippen LogP contribution in [0.3, 0.4) is 0 Å². The first-order valence-corrected chi connectivity index (χ1v) is 58.0. The molecule has 0 spiro atoms. The second-order valence-corrected chi connectivity index (χ2v) is 41.6. The minimum Gasteiger partial charge on any atom is -0.490 e. The van der Waals surface area contributed by atoms with Gasteiger partial charge in [0.05, 0.1) is 52.9 Å². The zero-order valence-corrected chi connectivity index (χ0v) is 90.1. The molecule has 0 saturated carbocycles. The van der Waals surface area contributed by atoms with Crippen molar-refractivity contribution in [3.8, 4) is 34.5 Å². The normalized spacial score (nSPS) is 13.1. The molecule has 1 saturated heterocycles. The van der Waals surface area contributed by atoms with Crippen LogP contribution in [0.5, 0.6) is 34.5 Å². The fourth-order valence-corrected chi connectivity index (χ4v) is 18.7. The van der Waals surface area contributed by atoms with E-state index in [1.165, 1.54) is 347 Å². The van der Waals surface area contributed by atoms with Crippen molar-refractivity contribution in [3.63, 3.8) is 0 Å². The Balaban J connectivity index is 0.892. The van der Waals surface area contributed by atoms with Crippen LogP contribution >= 0.6 is 0 Å². The van der Waals surface area contributed by atoms with Crippen molar-refractivity contribution >= 4 is 72.9 Å². The summed E-state index contributed by atoms with van der Waals surface area (Å²) >= 11 is 0. The van der Waals surface area contributed by atoms with Crippen molar-refractivity contribution in [2.75, 3.05) is 52.9 Å². The Morgan fingerprint density at radius 1 is 0.193 bits per heavy atom. The van der Waals surface area contributed by atoms with Gasteiger partial charge in [0.1, 0.15) is 0 Å². The van der Waals surface area contributed by atoms with Gasteiger partial charge in [-0.15, -0.1) is 0 Å². The molecule has 140 heavy (non-hydrogen) atoms. The highest BCUT2D eigenvalue weighted by molar-refractivity contribution is 5.79. The number of benzene rings is 7. The van der Waals surface area contributed by atoms with Crippen LogP contribution in [0, 0.1) is 5.41 Å². The van der Waals surface area contributed by atoms with E-state index in [9.17, 15) is 0 Å². The lowest BCUT2D eigenvalue weighted by atomic mass is 9.95. The molecular weight excluding hydrogens is 1710 g/mol. The first-order chi connectivity index (χ1) is 69.0. The standard InChI is InChI=1S/C132H196O8/c1-9-15-21-27-33-39-45-51-57-63-97-133-125-106-122(107-126(134-98-64-58-52-46-40-34-28-22-16-10-2)129(125)137-101-67-61-55-49-43-37-31-25-19-13-5)95-91-118-85-77-114(78-86-118)71-69-112-73-81-116(82-74-112)89-93-120-103-121(105-124(104-120)131-139-110-132(7,8)111-140-131)94-90-117-83-75-113(76-84-117)70-72-115-79-87-119(88-80-115)92-96-123-108-127(135-99-65-59-53-47-41-35-29-23-17-11-3)130(138-102-68-62-56-50-44-38-32-26-20-14-6)128(109-123)136-100-66-60-54-48-42-36-30-24-18-12-4/h69-96,103-109,131H,9-68,97-102,110-111H2,1-8H3/b71-69+,72-70+,93-89+,94-90+,95-91+,96-92+. The molecule has 8 heteroatoms. The Morgan fingerprint density at radius 3 is 0.521 bits per heavy atom. The van der Waals surface area contributed by atoms with Crippen LogP contribution in [0.1, 0.15) is 519 Å². The highest BCUT2D eigenvalue weighted by atomic mass is 16.7. The average Bonchev–Trinajstić information content (AvgIpc) is 0.821. The summed E-state index contributed by atoms with van der Waals surface area (Å²) in [5.74, 6) is 4.77. The van der Waals surface area contributed by atoms with Gasteiger partial charge >= 0.3 is 0 Å². The lowest BCUT2D eigenvalue weighted by Gasteiger charge is -2.34. The van der Waals surface area contributed by atoms with E-state index in [1.807, 2.05) is 0 Å². The SMILES string of the molecule is CCCCCCCCCCCCOc1cc(/C=C/c2ccc(/C=C/c3ccc(/C=C/c4cc(/C=C/c5ccc(/C=C/c6ccc(/C=C/c7cc(OCCCCCCCCCCCC)c(OCCCCCCCCCCCC)c(OCCCCCCCCCCCC)c7)cc6)cc5)cc(C5OCC(C)(C)CO5)c4)cc3)cc2)cc(OCCCCCCCCCCCC)c1OCCCCCCCCCCCC. The highest BCUT2D eigenvalue weighted by Crippen LogP contribution is 2.43. The maximum absolute atomic E-state index is 6.77. The molecule has 0 aromatic heterocycles. The molecule has 0 atom stereocenters. The molecule has 0 unspecified atom stereocenters. The van der Waals surface area contributed by atoms with Gasteiger partial charge in [0.2, 0.25) is 11.5 Å². The van der Waals surface area contributed by atoms with E-state index in [1.54, 1.807) is 0 Å². The van der Waals surface area contributed by atoms with Crippen LogP contribution in [-0.4, -0.2) is 52.9 Å². The predicted molar refractivity (Wildman–Crippen MR) is 611 cm³/mol. The molecule has 0 N–H and O–H groups in total. The Kier molecular flexibility index (Phi) is 64.5. The van der Waals surface area contributed by atoms with E-state index in [4.69, 9.17) is 37.9 Å². The summed E-state index contributed by atoms with van der Waals surface area (Å²) in [5, 5.41) is 0. The molecule has 1 fully saturated rings. The number of ether oxygens (including phenoxy) is 8. The number of hydrogen-bond donors (Lipinski definition) is 0. The van der Waals surface area contributed by atoms with Crippen molar-refractivity contribution in [1.82, 2.24) is 0 Å². The summed E-state index contributed by atoms with van der Waals surface area (Å²) in [7, 11) is 0. The number of hydrogen-bond acceptors (Lipinski definition) is 8. The van der Waals surface area contributed by atoms with Crippen LogP contribution in [0.4, 0.5) is 0 Å². The van der Waals surface area contributed by atoms with Crippen LogP contribution in [0.25, 0.3) is 72.9 Å². The van der Waals surface area contributed by atoms with Gasteiger partial charge in [0, 0.05) is 11.0 Å². The van der Waals surface area contributed by atoms with Crippen LogP contribution < -0.4 is 28.4 Å². The lowest BCUT2D eigenvalue weighted by molar-refractivity contribution is -0.226. The third-order valence-corrected chi connectivity index (χ3v) is 27.7. The van der Waals surface area contributed by atoms with Crippen molar-refractivity contribution < 1.29 is 37.9 Å². The molecule has 1 aliphatic heterocycles. The zero-order valence-electron chi connectivity index (χ0n) is 90.1. The maximum atomic E-state index is 6.77. The van der Waals surface area contributed by atoms with E-state index in [-0.39, 0.29) is 5.41 Å². The quantitative estimate of drug-likeness (QED) is 0.0276. The van der Waals surface area contributed by atoms with Gasteiger partial charge in [0.15, 0.2) is 29.3 Å². The molecule has 1 aliphatic rings. The summed E-state index contributed by atoms with van der Waals surface area (Å²) < 4.78 is 53.4. The molecule has 8 nitrogen and oxygen atoms in total. The van der Waals surface area contributed by atoms with Crippen molar-refractivity contribution in [2.24, 2.45) is 5.41 Å². The molecule has 0 bridgehead atoms. The molecule has 1 heterocycles. The fraction of sp³-hybridized carbons (Fsp3) is 0.591. The number of rotatable bonds is 85. The van der Waals surface area contributed by atoms with E-state index in [0.717, 1.165) is 145 Å². The van der Waals surface area contributed by atoms with E-state index < -0.39 is 6.29 Å². The van der Waals surface area contributed by atoms with Crippen LogP contribution in [0.15, 0.2) is 140 Å². The second kappa shape index (κ2) is 77.3. The molecule has 0 aliphatic carbocycles. The van der Waals surface area contributed by atoms with Gasteiger partial charge in [0.25, 0.3) is 0 Å². The average molecular weight is 1910 g/mol. The second-order valence-electron chi connectivity index (χ2n) is 41.6. The summed E-state index contributed by atoms with van der Waals surface area (Å²) in [6.07, 6.45) is 104. The largest absolute Gasteiger partial charge is 0.490 e. The Hall–Kier alpha value is -8.30. The van der Waals surface area contributed by atoms with E-state index >= 15 is 0 Å². The predicted octanol–water partition coefficient (Wildman–Crippen LogP) is 41.6. The summed E-state index contributed by atoms with van der Waals surface area (Å²) in [4.78, 5) is 0. The van der Waals surface area contributed by atoms with Crippen molar-refractivity contribution in [2.45, 2.75) is 447 Å². The third kappa shape index (κ3) is 53.9.